The van der Waals surface area contributed by atoms with E-state index in [2.05, 4.69) is 0 Å². The van der Waals surface area contributed by atoms with Gasteiger partial charge in [-0.25, -0.2) is 13.9 Å². The Kier molecular flexibility index (Phi) is 7.04. The van der Waals surface area contributed by atoms with Crippen LogP contribution in [0, 0.1) is 6.92 Å². The Morgan fingerprint density at radius 3 is 2.42 bits per heavy atom. The van der Waals surface area contributed by atoms with E-state index in [1.807, 2.05) is 31.2 Å². The monoisotopic (exact) mass is 450 g/mol. The summed E-state index contributed by atoms with van der Waals surface area (Å²) < 4.78 is 44.3. The van der Waals surface area contributed by atoms with Gasteiger partial charge in [0.25, 0.3) is 5.91 Å². The number of hydrogen-bond donors (Lipinski definition) is 2. The second-order valence-electron chi connectivity index (χ2n) is 7.15. The van der Waals surface area contributed by atoms with E-state index in [9.17, 15) is 13.2 Å². The Morgan fingerprint density at radius 1 is 1.13 bits per heavy atom. The van der Waals surface area contributed by atoms with Gasteiger partial charge in [0.05, 0.1) is 19.1 Å². The number of rotatable bonds is 7. The maximum atomic E-state index is 13.3. The van der Waals surface area contributed by atoms with E-state index in [1.54, 1.807) is 0 Å². The molecule has 1 fully saturated rings. The lowest BCUT2D eigenvalue weighted by molar-refractivity contribution is 0.0698. The first-order valence-electron chi connectivity index (χ1n) is 9.74. The summed E-state index contributed by atoms with van der Waals surface area (Å²) in [5, 5.41) is 9.15. The summed E-state index contributed by atoms with van der Waals surface area (Å²) >= 11 is 0. The molecule has 1 aliphatic heterocycles. The molecule has 2 N–H and O–H groups in total. The van der Waals surface area contributed by atoms with Gasteiger partial charge in [-0.2, -0.15) is 4.31 Å². The second kappa shape index (κ2) is 9.54. The second-order valence-corrected chi connectivity index (χ2v) is 9.06. The first-order chi connectivity index (χ1) is 14.8. The van der Waals surface area contributed by atoms with Crippen molar-refractivity contribution in [3.05, 3.63) is 47.5 Å². The molecule has 2 aromatic rings. The van der Waals surface area contributed by atoms with E-state index in [0.29, 0.717) is 12.8 Å². The number of benzene rings is 2. The quantitative estimate of drug-likeness (QED) is 0.492. The molecule has 1 heterocycles. The molecule has 0 aromatic heterocycles. The molecule has 0 saturated carbocycles. The van der Waals surface area contributed by atoms with Crippen LogP contribution in [0.2, 0.25) is 0 Å². The smallest absolute Gasteiger partial charge is 0.279 e. The van der Waals surface area contributed by atoms with Gasteiger partial charge in [0.1, 0.15) is 17.4 Å². The molecule has 0 atom stereocenters. The third kappa shape index (κ3) is 4.76. The van der Waals surface area contributed by atoms with Crippen LogP contribution >= 0.6 is 0 Å². The molecule has 1 saturated heterocycles. The number of hydroxylamine groups is 1. The number of carbonyl (C=O) groups excluding carboxylic acids is 1. The lowest BCUT2D eigenvalue weighted by Gasteiger charge is -2.32. The highest BCUT2D eigenvalue weighted by Gasteiger charge is 2.35. The summed E-state index contributed by atoms with van der Waals surface area (Å²) in [6.07, 6.45) is 0.892. The van der Waals surface area contributed by atoms with Crippen molar-refractivity contribution >= 4 is 15.9 Å². The zero-order valence-corrected chi connectivity index (χ0v) is 18.4. The number of hydrogen-bond acceptors (Lipinski definition) is 7. The van der Waals surface area contributed by atoms with Gasteiger partial charge < -0.3 is 14.2 Å². The number of ether oxygens (including phenoxy) is 3. The van der Waals surface area contributed by atoms with Gasteiger partial charge in [-0.1, -0.05) is 12.1 Å². The molecule has 10 heteroatoms. The van der Waals surface area contributed by atoms with Crippen molar-refractivity contribution in [2.45, 2.75) is 30.8 Å². The summed E-state index contributed by atoms with van der Waals surface area (Å²) in [5.41, 5.74) is 2.25. The maximum absolute atomic E-state index is 13.3. The molecular weight excluding hydrogens is 424 g/mol. The molecular formula is C21H26N2O7S. The third-order valence-electron chi connectivity index (χ3n) is 5.15. The van der Waals surface area contributed by atoms with Crippen LogP contribution in [0.3, 0.4) is 0 Å². The average Bonchev–Trinajstić information content (AvgIpc) is 2.77. The summed E-state index contributed by atoms with van der Waals surface area (Å²) in [4.78, 5) is 12.0. The predicted molar refractivity (Wildman–Crippen MR) is 112 cm³/mol. The molecule has 168 valence electrons. The van der Waals surface area contributed by atoms with Crippen LogP contribution in [0.15, 0.2) is 41.3 Å². The number of sulfonamides is 1. The van der Waals surface area contributed by atoms with Gasteiger partial charge in [0.2, 0.25) is 10.0 Å². The fourth-order valence-electron chi connectivity index (χ4n) is 3.61. The summed E-state index contributed by atoms with van der Waals surface area (Å²) in [5.74, 6) is -0.159. The van der Waals surface area contributed by atoms with E-state index in [4.69, 9.17) is 19.4 Å². The molecule has 0 bridgehead atoms. The zero-order valence-electron chi connectivity index (χ0n) is 17.6. The molecule has 31 heavy (non-hydrogen) atoms. The summed E-state index contributed by atoms with van der Waals surface area (Å²) in [6.45, 7) is 2.44. The van der Waals surface area contributed by atoms with Crippen molar-refractivity contribution in [2.75, 3.05) is 27.3 Å². The number of carbonyl (C=O) groups is 1. The van der Waals surface area contributed by atoms with Crippen molar-refractivity contribution in [3.63, 3.8) is 0 Å². The van der Waals surface area contributed by atoms with Crippen molar-refractivity contribution in [1.29, 1.82) is 0 Å². The lowest BCUT2D eigenvalue weighted by Crippen LogP contribution is -2.42. The number of methoxy groups -OCH3 is 2. The normalized spacial score (nSPS) is 15.4. The molecule has 1 amide bonds. The predicted octanol–water partition coefficient (Wildman–Crippen LogP) is 2.36. The minimum Gasteiger partial charge on any atom is -0.493 e. The Balaban J connectivity index is 1.83. The minimum absolute atomic E-state index is 0.0761. The molecule has 1 aliphatic rings. The van der Waals surface area contributed by atoms with Crippen LogP contribution < -0.4 is 19.7 Å². The Labute approximate surface area is 181 Å². The highest BCUT2D eigenvalue weighted by atomic mass is 32.2. The van der Waals surface area contributed by atoms with Gasteiger partial charge in [0.15, 0.2) is 11.5 Å². The van der Waals surface area contributed by atoms with Crippen molar-refractivity contribution in [1.82, 2.24) is 9.79 Å². The zero-order chi connectivity index (χ0) is 22.6. The first-order valence-corrected chi connectivity index (χ1v) is 11.2. The maximum Gasteiger partial charge on any atom is 0.279 e. The van der Waals surface area contributed by atoms with E-state index in [0.717, 1.165) is 11.3 Å². The van der Waals surface area contributed by atoms with Crippen molar-refractivity contribution in [2.24, 2.45) is 0 Å². The Morgan fingerprint density at radius 2 is 1.84 bits per heavy atom. The average molecular weight is 451 g/mol. The molecule has 9 nitrogen and oxygen atoms in total. The van der Waals surface area contributed by atoms with E-state index in [1.165, 1.54) is 36.1 Å². The number of piperidine rings is 1. The topological polar surface area (TPSA) is 114 Å². The number of amides is 1. The van der Waals surface area contributed by atoms with Gasteiger partial charge in [-0.3, -0.25) is 10.0 Å². The van der Waals surface area contributed by atoms with Crippen LogP contribution in [0.1, 0.15) is 28.8 Å². The fourth-order valence-corrected chi connectivity index (χ4v) is 5.26. The summed E-state index contributed by atoms with van der Waals surface area (Å²) in [6, 6.07) is 10.4. The molecule has 0 spiro atoms. The van der Waals surface area contributed by atoms with Crippen LogP contribution in [0.4, 0.5) is 0 Å². The molecule has 3 rings (SSSR count). The van der Waals surface area contributed by atoms with Gasteiger partial charge in [0, 0.05) is 13.1 Å². The largest absolute Gasteiger partial charge is 0.493 e. The first kappa shape index (κ1) is 22.9. The highest BCUT2D eigenvalue weighted by Crippen LogP contribution is 2.37. The number of nitrogens with zero attached hydrogens (tertiary/aromatic N) is 1. The fraction of sp³-hybridized carbons (Fsp3) is 0.381. The van der Waals surface area contributed by atoms with E-state index >= 15 is 0 Å². The molecule has 0 radical (unpaired) electrons. The lowest BCUT2D eigenvalue weighted by atomic mass is 10.1. The molecule has 0 aliphatic carbocycles. The third-order valence-corrected chi connectivity index (χ3v) is 7.09. The highest BCUT2D eigenvalue weighted by molar-refractivity contribution is 7.89. The standard InChI is InChI=1S/C21H26N2O7S/c1-14-5-4-6-16(13-14)30-15-9-11-23(12-10-15)31(26,27)18-8-7-17(28-2)20(29-3)19(18)21(24)22-25/h4-8,13,15,25H,9-12H2,1-3H3,(H,22,24). The molecule has 0 unspecified atom stereocenters. The summed E-state index contributed by atoms with van der Waals surface area (Å²) in [7, 11) is -1.38. The number of aryl methyl sites for hydroxylation is 1. The Bertz CT molecular complexity index is 1050. The van der Waals surface area contributed by atoms with Gasteiger partial charge >= 0.3 is 0 Å². The minimum atomic E-state index is -4.04. The van der Waals surface area contributed by atoms with Crippen LogP contribution in [-0.2, 0) is 10.0 Å². The van der Waals surface area contributed by atoms with Crippen molar-refractivity contribution in [3.8, 4) is 17.2 Å². The van der Waals surface area contributed by atoms with Crippen LogP contribution in [-0.4, -0.2) is 57.3 Å². The van der Waals surface area contributed by atoms with E-state index < -0.39 is 15.9 Å². The SMILES string of the molecule is COc1ccc(S(=O)(=O)N2CCC(Oc3cccc(C)c3)CC2)c(C(=O)NO)c1OC. The van der Waals surface area contributed by atoms with Crippen LogP contribution in [0.5, 0.6) is 17.2 Å². The Hall–Kier alpha value is -2.82. The molecule has 2 aromatic carbocycles. The van der Waals surface area contributed by atoms with Crippen LogP contribution in [0.25, 0.3) is 0 Å². The number of nitrogens with one attached hydrogen (secondary N) is 1. The van der Waals surface area contributed by atoms with Gasteiger partial charge in [-0.15, -0.1) is 0 Å². The van der Waals surface area contributed by atoms with Crippen molar-refractivity contribution < 1.29 is 32.6 Å². The van der Waals surface area contributed by atoms with E-state index in [-0.39, 0.29) is 41.2 Å². The van der Waals surface area contributed by atoms with Gasteiger partial charge in [-0.05, 0) is 49.6 Å².